The van der Waals surface area contributed by atoms with E-state index >= 15 is 0 Å². The number of hydrogen-bond acceptors (Lipinski definition) is 4. The average molecular weight is 195 g/mol. The lowest BCUT2D eigenvalue weighted by molar-refractivity contribution is -0.114. The monoisotopic (exact) mass is 195 g/mol. The molecule has 1 atom stereocenters. The summed E-state index contributed by atoms with van der Waals surface area (Å²) in [5, 5.41) is 13.7. The van der Waals surface area contributed by atoms with Gasteiger partial charge < -0.3 is 10.6 Å². The summed E-state index contributed by atoms with van der Waals surface area (Å²) in [6.07, 6.45) is 2.82. The number of anilines is 1. The van der Waals surface area contributed by atoms with E-state index in [1.54, 1.807) is 10.9 Å². The molecular weight excluding hydrogens is 182 g/mol. The first kappa shape index (κ1) is 9.14. The Hall–Kier alpha value is -1.43. The van der Waals surface area contributed by atoms with Crippen LogP contribution in [0.5, 0.6) is 0 Å². The van der Waals surface area contributed by atoms with Gasteiger partial charge in [-0.2, -0.15) is 0 Å². The van der Waals surface area contributed by atoms with Crippen molar-refractivity contribution < 1.29 is 4.79 Å². The van der Waals surface area contributed by atoms with E-state index in [-0.39, 0.29) is 5.91 Å². The van der Waals surface area contributed by atoms with Crippen molar-refractivity contribution in [2.75, 3.05) is 18.4 Å². The molecule has 14 heavy (non-hydrogen) atoms. The first-order valence-electron chi connectivity index (χ1n) is 4.66. The van der Waals surface area contributed by atoms with Crippen LogP contribution < -0.4 is 10.6 Å². The molecule has 0 radical (unpaired) electrons. The number of nitrogens with one attached hydrogen (secondary N) is 2. The van der Waals surface area contributed by atoms with Crippen molar-refractivity contribution in [1.82, 2.24) is 20.3 Å². The van der Waals surface area contributed by atoms with E-state index in [0.29, 0.717) is 11.9 Å². The van der Waals surface area contributed by atoms with Gasteiger partial charge >= 0.3 is 0 Å². The summed E-state index contributed by atoms with van der Waals surface area (Å²) in [5.41, 5.74) is 0. The van der Waals surface area contributed by atoms with Crippen molar-refractivity contribution in [3.05, 3.63) is 6.20 Å². The van der Waals surface area contributed by atoms with E-state index in [9.17, 15) is 4.79 Å². The van der Waals surface area contributed by atoms with Crippen molar-refractivity contribution in [2.24, 2.45) is 0 Å². The maximum absolute atomic E-state index is 10.7. The zero-order valence-corrected chi connectivity index (χ0v) is 8.03. The molecule has 0 saturated carbocycles. The Morgan fingerprint density at radius 1 is 1.79 bits per heavy atom. The molecule has 1 aliphatic heterocycles. The maximum Gasteiger partial charge on any atom is 0.222 e. The van der Waals surface area contributed by atoms with Crippen molar-refractivity contribution in [3.63, 3.8) is 0 Å². The molecule has 6 nitrogen and oxygen atoms in total. The van der Waals surface area contributed by atoms with E-state index in [1.165, 1.54) is 6.92 Å². The van der Waals surface area contributed by atoms with Crippen LogP contribution in [0.3, 0.4) is 0 Å². The third kappa shape index (κ3) is 1.90. The number of carbonyl (C=O) groups is 1. The minimum absolute atomic E-state index is 0.124. The quantitative estimate of drug-likeness (QED) is 0.683. The maximum atomic E-state index is 10.7. The standard InChI is InChI=1S/C8H13N5O/c1-6(14)10-8-5-13(12-11-8)7-2-3-9-4-7/h5,7,9H,2-4H2,1H3,(H,10,14). The highest BCUT2D eigenvalue weighted by molar-refractivity contribution is 5.87. The summed E-state index contributed by atoms with van der Waals surface area (Å²) >= 11 is 0. The third-order valence-electron chi connectivity index (χ3n) is 2.22. The minimum atomic E-state index is -0.124. The van der Waals surface area contributed by atoms with Gasteiger partial charge in [-0.1, -0.05) is 5.21 Å². The molecule has 76 valence electrons. The van der Waals surface area contributed by atoms with E-state index in [4.69, 9.17) is 0 Å². The molecule has 1 aliphatic rings. The molecule has 0 spiro atoms. The Morgan fingerprint density at radius 3 is 3.29 bits per heavy atom. The van der Waals surface area contributed by atoms with E-state index in [2.05, 4.69) is 20.9 Å². The Labute approximate surface area is 81.7 Å². The van der Waals surface area contributed by atoms with Crippen LogP contribution in [0.25, 0.3) is 0 Å². The molecule has 1 fully saturated rings. The molecule has 1 aromatic rings. The molecular formula is C8H13N5O. The molecule has 6 heteroatoms. The highest BCUT2D eigenvalue weighted by atomic mass is 16.1. The number of carbonyl (C=O) groups excluding carboxylic acids is 1. The first-order valence-corrected chi connectivity index (χ1v) is 4.66. The van der Waals surface area contributed by atoms with E-state index in [1.807, 2.05) is 0 Å². The number of rotatable bonds is 2. The van der Waals surface area contributed by atoms with Gasteiger partial charge in [0.1, 0.15) is 0 Å². The van der Waals surface area contributed by atoms with Gasteiger partial charge in [0.15, 0.2) is 5.82 Å². The van der Waals surface area contributed by atoms with Gasteiger partial charge in [0.2, 0.25) is 5.91 Å². The molecule has 0 aromatic carbocycles. The van der Waals surface area contributed by atoms with Crippen molar-refractivity contribution in [2.45, 2.75) is 19.4 Å². The Bertz CT molecular complexity index is 328. The van der Waals surface area contributed by atoms with Gasteiger partial charge in [-0.3, -0.25) is 4.79 Å². The minimum Gasteiger partial charge on any atom is -0.315 e. The second-order valence-corrected chi connectivity index (χ2v) is 3.41. The smallest absolute Gasteiger partial charge is 0.222 e. The van der Waals surface area contributed by atoms with E-state index < -0.39 is 0 Å². The number of aromatic nitrogens is 3. The van der Waals surface area contributed by atoms with Crippen LogP contribution in [0.15, 0.2) is 6.20 Å². The van der Waals surface area contributed by atoms with Gasteiger partial charge in [0, 0.05) is 13.5 Å². The van der Waals surface area contributed by atoms with Gasteiger partial charge in [-0.05, 0) is 13.0 Å². The zero-order chi connectivity index (χ0) is 9.97. The SMILES string of the molecule is CC(=O)Nc1cn(C2CCNC2)nn1. The summed E-state index contributed by atoms with van der Waals surface area (Å²) in [7, 11) is 0. The molecule has 0 aliphatic carbocycles. The summed E-state index contributed by atoms with van der Waals surface area (Å²) in [5.74, 6) is 0.394. The second-order valence-electron chi connectivity index (χ2n) is 3.41. The molecule has 2 heterocycles. The normalized spacial score (nSPS) is 21.1. The Balaban J connectivity index is 2.05. The predicted octanol–water partition coefficient (Wildman–Crippen LogP) is -0.229. The summed E-state index contributed by atoms with van der Waals surface area (Å²) in [6, 6.07) is 0.366. The zero-order valence-electron chi connectivity index (χ0n) is 8.03. The van der Waals surface area contributed by atoms with Crippen LogP contribution in [0.1, 0.15) is 19.4 Å². The van der Waals surface area contributed by atoms with Gasteiger partial charge in [-0.25, -0.2) is 4.68 Å². The molecule has 1 amide bonds. The molecule has 1 unspecified atom stereocenters. The molecule has 1 saturated heterocycles. The fourth-order valence-electron chi connectivity index (χ4n) is 1.56. The molecule has 0 bridgehead atoms. The lowest BCUT2D eigenvalue weighted by Crippen LogP contribution is -2.13. The van der Waals surface area contributed by atoms with Crippen molar-refractivity contribution in [3.8, 4) is 0 Å². The number of nitrogens with zero attached hydrogens (tertiary/aromatic N) is 3. The lowest BCUT2D eigenvalue weighted by Gasteiger charge is -2.05. The molecule has 2 rings (SSSR count). The second kappa shape index (κ2) is 3.75. The molecule has 1 aromatic heterocycles. The van der Waals surface area contributed by atoms with Crippen molar-refractivity contribution in [1.29, 1.82) is 0 Å². The summed E-state index contributed by atoms with van der Waals surface area (Å²) in [6.45, 7) is 3.39. The van der Waals surface area contributed by atoms with Crippen LogP contribution in [-0.4, -0.2) is 34.0 Å². The Morgan fingerprint density at radius 2 is 2.64 bits per heavy atom. The van der Waals surface area contributed by atoms with Crippen LogP contribution in [0.4, 0.5) is 5.82 Å². The fourth-order valence-corrected chi connectivity index (χ4v) is 1.56. The van der Waals surface area contributed by atoms with Gasteiger partial charge in [0.25, 0.3) is 0 Å². The highest BCUT2D eigenvalue weighted by Gasteiger charge is 2.17. The third-order valence-corrected chi connectivity index (χ3v) is 2.22. The van der Waals surface area contributed by atoms with E-state index in [0.717, 1.165) is 19.5 Å². The number of amides is 1. The lowest BCUT2D eigenvalue weighted by atomic mass is 10.3. The van der Waals surface area contributed by atoms with Crippen LogP contribution in [0.2, 0.25) is 0 Å². The molecule has 2 N–H and O–H groups in total. The topological polar surface area (TPSA) is 71.8 Å². The summed E-state index contributed by atoms with van der Waals surface area (Å²) < 4.78 is 1.80. The summed E-state index contributed by atoms with van der Waals surface area (Å²) in [4.78, 5) is 10.7. The van der Waals surface area contributed by atoms with Crippen LogP contribution in [-0.2, 0) is 4.79 Å². The first-order chi connectivity index (χ1) is 6.75. The number of hydrogen-bond donors (Lipinski definition) is 2. The fraction of sp³-hybridized carbons (Fsp3) is 0.625. The van der Waals surface area contributed by atoms with Gasteiger partial charge in [0.05, 0.1) is 12.2 Å². The predicted molar refractivity (Wildman–Crippen MR) is 50.8 cm³/mol. The average Bonchev–Trinajstić information content (AvgIpc) is 2.69. The largest absolute Gasteiger partial charge is 0.315 e. The van der Waals surface area contributed by atoms with Crippen LogP contribution >= 0.6 is 0 Å². The Kier molecular flexibility index (Phi) is 2.45. The highest BCUT2D eigenvalue weighted by Crippen LogP contribution is 2.14. The van der Waals surface area contributed by atoms with Crippen LogP contribution in [0, 0.1) is 0 Å². The van der Waals surface area contributed by atoms with Gasteiger partial charge in [-0.15, -0.1) is 5.10 Å². The van der Waals surface area contributed by atoms with Crippen molar-refractivity contribution >= 4 is 11.7 Å².